The van der Waals surface area contributed by atoms with Crippen LogP contribution in [0.5, 0.6) is 0 Å². The molecule has 2 aromatic carbocycles. The fourth-order valence-electron chi connectivity index (χ4n) is 2.66. The molecule has 0 saturated heterocycles. The van der Waals surface area contributed by atoms with E-state index in [0.29, 0.717) is 28.5 Å². The van der Waals surface area contributed by atoms with Crippen LogP contribution >= 0.6 is 0 Å². The largest absolute Gasteiger partial charge is 0.335 e. The van der Waals surface area contributed by atoms with Gasteiger partial charge in [-0.25, -0.2) is 4.68 Å². The molecule has 0 unspecified atom stereocenters. The van der Waals surface area contributed by atoms with E-state index in [1.165, 1.54) is 12.1 Å². The zero-order chi connectivity index (χ0) is 18.1. The molecule has 9 heteroatoms. The van der Waals surface area contributed by atoms with Crippen LogP contribution < -0.4 is 0 Å². The third-order valence-electron chi connectivity index (χ3n) is 3.87. The van der Waals surface area contributed by atoms with Crippen molar-refractivity contribution in [1.82, 2.24) is 25.4 Å². The molecule has 2 aromatic heterocycles. The first-order valence-electron chi connectivity index (χ1n) is 7.70. The van der Waals surface area contributed by atoms with Crippen molar-refractivity contribution in [2.45, 2.75) is 6.92 Å². The number of hydrogen-bond donors (Lipinski definition) is 0. The lowest BCUT2D eigenvalue weighted by atomic mass is 10.1. The first kappa shape index (κ1) is 15.6. The maximum atomic E-state index is 11.1. The van der Waals surface area contributed by atoms with Gasteiger partial charge in [-0.05, 0) is 13.0 Å². The van der Waals surface area contributed by atoms with Gasteiger partial charge in [-0.2, -0.15) is 0 Å². The van der Waals surface area contributed by atoms with E-state index in [9.17, 15) is 10.1 Å². The van der Waals surface area contributed by atoms with E-state index in [0.717, 1.165) is 5.56 Å². The second-order valence-electron chi connectivity index (χ2n) is 5.53. The molecule has 0 bridgehead atoms. The third-order valence-corrected chi connectivity index (χ3v) is 3.87. The van der Waals surface area contributed by atoms with E-state index in [2.05, 4.69) is 20.7 Å². The Kier molecular flexibility index (Phi) is 3.73. The van der Waals surface area contributed by atoms with Crippen LogP contribution in [-0.2, 0) is 0 Å². The Morgan fingerprint density at radius 3 is 2.58 bits per heavy atom. The predicted molar refractivity (Wildman–Crippen MR) is 91.5 cm³/mol. The molecule has 0 amide bonds. The van der Waals surface area contributed by atoms with Crippen LogP contribution in [0.3, 0.4) is 0 Å². The number of nitro benzene ring substituents is 1. The van der Waals surface area contributed by atoms with Gasteiger partial charge in [0, 0.05) is 23.0 Å². The van der Waals surface area contributed by atoms with Crippen molar-refractivity contribution in [3.05, 3.63) is 70.4 Å². The molecule has 0 radical (unpaired) electrons. The van der Waals surface area contributed by atoms with Crippen LogP contribution in [0, 0.1) is 17.0 Å². The second-order valence-corrected chi connectivity index (χ2v) is 5.53. The highest BCUT2D eigenvalue weighted by atomic mass is 16.6. The van der Waals surface area contributed by atoms with Crippen molar-refractivity contribution in [1.29, 1.82) is 0 Å². The van der Waals surface area contributed by atoms with Crippen molar-refractivity contribution >= 4 is 5.69 Å². The van der Waals surface area contributed by atoms with Gasteiger partial charge in [0.2, 0.25) is 5.76 Å². The lowest BCUT2D eigenvalue weighted by molar-refractivity contribution is -0.384. The standard InChI is InChI=1S/C17H12N6O3/c1-11-17(26-21-18-11)15-16(12-6-3-2-4-7-12)22(20-19-15)13-8-5-9-14(10-13)23(24)25/h2-10H,1H3. The monoisotopic (exact) mass is 348 g/mol. The number of nitrogens with zero attached hydrogens (tertiary/aromatic N) is 6. The highest BCUT2D eigenvalue weighted by Gasteiger charge is 2.23. The van der Waals surface area contributed by atoms with Gasteiger partial charge in [-0.1, -0.05) is 41.6 Å². The highest BCUT2D eigenvalue weighted by molar-refractivity contribution is 5.77. The maximum Gasteiger partial charge on any atom is 0.271 e. The summed E-state index contributed by atoms with van der Waals surface area (Å²) in [5, 5.41) is 26.9. The summed E-state index contributed by atoms with van der Waals surface area (Å²) in [6.07, 6.45) is 0. The third kappa shape index (κ3) is 2.61. The Bertz CT molecular complexity index is 1090. The van der Waals surface area contributed by atoms with Gasteiger partial charge in [-0.3, -0.25) is 10.1 Å². The second kappa shape index (κ2) is 6.20. The van der Waals surface area contributed by atoms with E-state index in [-0.39, 0.29) is 5.69 Å². The van der Waals surface area contributed by atoms with Gasteiger partial charge in [0.25, 0.3) is 5.69 Å². The number of non-ortho nitro benzene ring substituents is 1. The summed E-state index contributed by atoms with van der Waals surface area (Å²) in [6, 6.07) is 15.7. The lowest BCUT2D eigenvalue weighted by Crippen LogP contribution is -2.00. The molecule has 4 aromatic rings. The minimum absolute atomic E-state index is 0.0314. The Hall–Kier alpha value is -3.88. The summed E-state index contributed by atoms with van der Waals surface area (Å²) < 4.78 is 6.78. The molecule has 0 aliphatic heterocycles. The molecule has 0 aliphatic carbocycles. The van der Waals surface area contributed by atoms with Gasteiger partial charge < -0.3 is 4.52 Å². The first-order valence-corrected chi connectivity index (χ1v) is 7.70. The van der Waals surface area contributed by atoms with Gasteiger partial charge >= 0.3 is 0 Å². The summed E-state index contributed by atoms with van der Waals surface area (Å²) in [4.78, 5) is 10.7. The molecule has 0 atom stereocenters. The van der Waals surface area contributed by atoms with Gasteiger partial charge in [0.15, 0.2) is 5.69 Å². The number of rotatable bonds is 4. The van der Waals surface area contributed by atoms with Crippen molar-refractivity contribution in [3.8, 4) is 28.4 Å². The number of hydrogen-bond acceptors (Lipinski definition) is 7. The summed E-state index contributed by atoms with van der Waals surface area (Å²) in [7, 11) is 0. The van der Waals surface area contributed by atoms with Crippen LogP contribution in [0.25, 0.3) is 28.4 Å². The number of aromatic nitrogens is 5. The normalized spacial score (nSPS) is 10.8. The summed E-state index contributed by atoms with van der Waals surface area (Å²) in [5.74, 6) is 0.403. The maximum absolute atomic E-state index is 11.1. The predicted octanol–water partition coefficient (Wildman–Crippen LogP) is 3.20. The number of benzene rings is 2. The van der Waals surface area contributed by atoms with E-state index in [4.69, 9.17) is 4.52 Å². The fourth-order valence-corrected chi connectivity index (χ4v) is 2.66. The van der Waals surface area contributed by atoms with Crippen LogP contribution in [0.2, 0.25) is 0 Å². The van der Waals surface area contributed by atoms with Gasteiger partial charge in [0.05, 0.1) is 10.6 Å². The Morgan fingerprint density at radius 1 is 1.08 bits per heavy atom. The van der Waals surface area contributed by atoms with E-state index < -0.39 is 4.92 Å². The van der Waals surface area contributed by atoms with E-state index >= 15 is 0 Å². The zero-order valence-corrected chi connectivity index (χ0v) is 13.6. The van der Waals surface area contributed by atoms with Crippen LogP contribution in [0.15, 0.2) is 59.1 Å². The van der Waals surface area contributed by atoms with Gasteiger partial charge in [-0.15, -0.1) is 10.2 Å². The zero-order valence-electron chi connectivity index (χ0n) is 13.6. The highest BCUT2D eigenvalue weighted by Crippen LogP contribution is 2.33. The molecule has 0 aliphatic rings. The molecule has 128 valence electrons. The molecule has 0 saturated carbocycles. The van der Waals surface area contributed by atoms with E-state index in [1.807, 2.05) is 30.3 Å². The topological polar surface area (TPSA) is 113 Å². The van der Waals surface area contributed by atoms with Crippen LogP contribution in [-0.4, -0.2) is 30.3 Å². The van der Waals surface area contributed by atoms with Crippen molar-refractivity contribution in [2.24, 2.45) is 0 Å². The van der Waals surface area contributed by atoms with Crippen molar-refractivity contribution in [2.75, 3.05) is 0 Å². The first-order chi connectivity index (χ1) is 12.6. The minimum atomic E-state index is -0.450. The average molecular weight is 348 g/mol. The fraction of sp³-hybridized carbons (Fsp3) is 0.0588. The van der Waals surface area contributed by atoms with Gasteiger partial charge in [0.1, 0.15) is 11.4 Å². The van der Waals surface area contributed by atoms with Crippen LogP contribution in [0.4, 0.5) is 5.69 Å². The Labute approximate surface area is 147 Å². The molecular weight excluding hydrogens is 336 g/mol. The van der Waals surface area contributed by atoms with Crippen LogP contribution in [0.1, 0.15) is 5.69 Å². The number of nitro groups is 1. The summed E-state index contributed by atoms with van der Waals surface area (Å²) in [5.41, 5.74) is 2.99. The Morgan fingerprint density at radius 2 is 1.88 bits per heavy atom. The number of aryl methyl sites for hydroxylation is 1. The average Bonchev–Trinajstić information content (AvgIpc) is 3.28. The summed E-state index contributed by atoms with van der Waals surface area (Å²) >= 11 is 0. The van der Waals surface area contributed by atoms with E-state index in [1.54, 1.807) is 23.7 Å². The Balaban J connectivity index is 1.97. The molecule has 26 heavy (non-hydrogen) atoms. The quantitative estimate of drug-likeness (QED) is 0.411. The molecule has 0 fully saturated rings. The SMILES string of the molecule is Cc1nnoc1-c1nnn(-c2cccc([N+](=O)[O-])c2)c1-c1ccccc1. The molecule has 4 rings (SSSR count). The molecule has 2 heterocycles. The van der Waals surface area contributed by atoms with Crippen molar-refractivity contribution in [3.63, 3.8) is 0 Å². The summed E-state index contributed by atoms with van der Waals surface area (Å²) in [6.45, 7) is 1.76. The van der Waals surface area contributed by atoms with Crippen molar-refractivity contribution < 1.29 is 9.45 Å². The molecular formula is C17H12N6O3. The minimum Gasteiger partial charge on any atom is -0.335 e. The lowest BCUT2D eigenvalue weighted by Gasteiger charge is -2.07. The molecule has 0 spiro atoms. The molecule has 0 N–H and O–H groups in total. The smallest absolute Gasteiger partial charge is 0.271 e. The molecule has 9 nitrogen and oxygen atoms in total.